The summed E-state index contributed by atoms with van der Waals surface area (Å²) in [5, 5.41) is 0. The molecule has 0 radical (unpaired) electrons. The minimum absolute atomic E-state index is 0.0843. The summed E-state index contributed by atoms with van der Waals surface area (Å²) in [4.78, 5) is 13.3. The van der Waals surface area contributed by atoms with Gasteiger partial charge in [-0.05, 0) is 18.1 Å². The lowest BCUT2D eigenvalue weighted by molar-refractivity contribution is 0.0602. The third-order valence-corrected chi connectivity index (χ3v) is 2.57. The van der Waals surface area contributed by atoms with Crippen molar-refractivity contribution in [2.45, 2.75) is 13.8 Å². The molecule has 100 valence electrons. The number of benzene rings is 1. The quantitative estimate of drug-likeness (QED) is 0.661. The molecule has 0 heterocycles. The fourth-order valence-electron chi connectivity index (χ4n) is 1.80. The number of methoxy groups -OCH3 is 1. The van der Waals surface area contributed by atoms with Gasteiger partial charge in [-0.15, -0.1) is 0 Å². The number of carbonyl (C=O) groups is 1. The maximum absolute atomic E-state index is 13.8. The number of hydrogen-bond acceptors (Lipinski definition) is 4. The molecule has 0 saturated heterocycles. The predicted molar refractivity (Wildman–Crippen MR) is 70.3 cm³/mol. The van der Waals surface area contributed by atoms with Gasteiger partial charge < -0.3 is 15.4 Å². The first-order valence-corrected chi connectivity index (χ1v) is 5.75. The van der Waals surface area contributed by atoms with E-state index < -0.39 is 11.8 Å². The highest BCUT2D eigenvalue weighted by molar-refractivity contribution is 5.96. The summed E-state index contributed by atoms with van der Waals surface area (Å²) in [6.07, 6.45) is 0. The van der Waals surface area contributed by atoms with Crippen molar-refractivity contribution in [2.75, 3.05) is 31.3 Å². The fourth-order valence-corrected chi connectivity index (χ4v) is 1.80. The zero-order valence-electron chi connectivity index (χ0n) is 11.2. The topological polar surface area (TPSA) is 55.6 Å². The summed E-state index contributed by atoms with van der Waals surface area (Å²) in [6.45, 7) is 4.75. The molecule has 0 aliphatic carbocycles. The molecule has 0 aliphatic rings. The van der Waals surface area contributed by atoms with Crippen LogP contribution in [0, 0.1) is 11.7 Å². The molecule has 0 unspecified atom stereocenters. The van der Waals surface area contributed by atoms with Gasteiger partial charge in [-0.3, -0.25) is 0 Å². The minimum atomic E-state index is -0.563. The Labute approximate surface area is 107 Å². The van der Waals surface area contributed by atoms with Crippen LogP contribution in [0.25, 0.3) is 0 Å². The number of rotatable bonds is 4. The van der Waals surface area contributed by atoms with Crippen LogP contribution in [0.15, 0.2) is 12.1 Å². The Hall–Kier alpha value is -1.78. The average Bonchev–Trinajstić information content (AvgIpc) is 2.27. The summed E-state index contributed by atoms with van der Waals surface area (Å²) in [5.74, 6) is -0.622. The van der Waals surface area contributed by atoms with E-state index in [2.05, 4.69) is 4.74 Å². The molecule has 0 spiro atoms. The van der Waals surface area contributed by atoms with Crippen molar-refractivity contribution in [1.82, 2.24) is 0 Å². The van der Waals surface area contributed by atoms with Gasteiger partial charge in [0.25, 0.3) is 0 Å². The second-order valence-electron chi connectivity index (χ2n) is 4.66. The molecule has 1 aromatic rings. The molecule has 5 heteroatoms. The molecule has 1 aromatic carbocycles. The molecule has 0 aliphatic heterocycles. The third kappa shape index (κ3) is 3.12. The summed E-state index contributed by atoms with van der Waals surface area (Å²) < 4.78 is 18.4. The summed E-state index contributed by atoms with van der Waals surface area (Å²) >= 11 is 0. The van der Waals surface area contributed by atoms with Crippen LogP contribution in [-0.4, -0.2) is 26.7 Å². The number of ether oxygens (including phenoxy) is 1. The van der Waals surface area contributed by atoms with Crippen molar-refractivity contribution in [2.24, 2.45) is 5.92 Å². The van der Waals surface area contributed by atoms with Crippen molar-refractivity contribution in [1.29, 1.82) is 0 Å². The Kier molecular flexibility index (Phi) is 4.53. The van der Waals surface area contributed by atoms with Crippen molar-refractivity contribution < 1.29 is 13.9 Å². The average molecular weight is 254 g/mol. The Morgan fingerprint density at radius 1 is 1.50 bits per heavy atom. The van der Waals surface area contributed by atoms with Crippen LogP contribution in [0.1, 0.15) is 24.2 Å². The molecule has 2 N–H and O–H groups in total. The van der Waals surface area contributed by atoms with Gasteiger partial charge in [0.2, 0.25) is 0 Å². The second kappa shape index (κ2) is 5.71. The summed E-state index contributed by atoms with van der Waals surface area (Å²) in [7, 11) is 3.04. The Balaban J connectivity index is 3.16. The van der Waals surface area contributed by atoms with Gasteiger partial charge in [-0.1, -0.05) is 13.8 Å². The number of esters is 1. The largest absolute Gasteiger partial charge is 0.465 e. The van der Waals surface area contributed by atoms with Crippen LogP contribution in [0.5, 0.6) is 0 Å². The molecule has 0 bridgehead atoms. The van der Waals surface area contributed by atoms with E-state index in [1.54, 1.807) is 11.9 Å². The Morgan fingerprint density at radius 2 is 2.11 bits per heavy atom. The molecule has 0 atom stereocenters. The van der Waals surface area contributed by atoms with Gasteiger partial charge in [0.15, 0.2) is 0 Å². The van der Waals surface area contributed by atoms with Crippen LogP contribution in [0.4, 0.5) is 15.8 Å². The van der Waals surface area contributed by atoms with E-state index >= 15 is 0 Å². The lowest BCUT2D eigenvalue weighted by atomic mass is 10.1. The number of halogens is 1. The number of carbonyl (C=O) groups excluding carboxylic acids is 1. The van der Waals surface area contributed by atoms with Crippen LogP contribution in [0.2, 0.25) is 0 Å². The fraction of sp³-hybridized carbons (Fsp3) is 0.462. The maximum Gasteiger partial charge on any atom is 0.340 e. The molecule has 0 aromatic heterocycles. The second-order valence-corrected chi connectivity index (χ2v) is 4.66. The van der Waals surface area contributed by atoms with Crippen molar-refractivity contribution in [3.63, 3.8) is 0 Å². The highest BCUT2D eigenvalue weighted by atomic mass is 19.1. The predicted octanol–water partition coefficient (Wildman–Crippen LogP) is 2.29. The van der Waals surface area contributed by atoms with E-state index in [1.165, 1.54) is 13.2 Å². The highest BCUT2D eigenvalue weighted by Gasteiger charge is 2.17. The van der Waals surface area contributed by atoms with Crippen molar-refractivity contribution in [3.05, 3.63) is 23.5 Å². The number of nitrogen functional groups attached to an aromatic ring is 1. The molecule has 0 fully saturated rings. The Morgan fingerprint density at radius 3 is 2.61 bits per heavy atom. The molecular formula is C13H19FN2O2. The van der Waals surface area contributed by atoms with Gasteiger partial charge in [-0.2, -0.15) is 0 Å². The molecule has 0 saturated carbocycles. The van der Waals surface area contributed by atoms with E-state index in [1.807, 2.05) is 13.8 Å². The van der Waals surface area contributed by atoms with Gasteiger partial charge in [0.1, 0.15) is 5.82 Å². The standard InChI is InChI=1S/C13H19FN2O2/c1-8(2)7-16(3)12-5-9(13(17)18-4)11(15)6-10(12)14/h5-6,8H,7,15H2,1-4H3. The van der Waals surface area contributed by atoms with E-state index in [4.69, 9.17) is 5.73 Å². The maximum atomic E-state index is 13.8. The highest BCUT2D eigenvalue weighted by Crippen LogP contribution is 2.25. The first kappa shape index (κ1) is 14.3. The SMILES string of the molecule is COC(=O)c1cc(N(C)CC(C)C)c(F)cc1N. The Bertz CT molecular complexity index is 447. The normalized spacial score (nSPS) is 10.6. The van der Waals surface area contributed by atoms with Gasteiger partial charge >= 0.3 is 5.97 Å². The lowest BCUT2D eigenvalue weighted by Crippen LogP contribution is -2.24. The van der Waals surface area contributed by atoms with E-state index in [9.17, 15) is 9.18 Å². The molecule has 0 amide bonds. The van der Waals surface area contributed by atoms with Crippen molar-refractivity contribution >= 4 is 17.3 Å². The van der Waals surface area contributed by atoms with Crippen LogP contribution in [-0.2, 0) is 4.74 Å². The molecule has 18 heavy (non-hydrogen) atoms. The van der Waals surface area contributed by atoms with E-state index in [0.29, 0.717) is 18.2 Å². The smallest absolute Gasteiger partial charge is 0.340 e. The van der Waals surface area contributed by atoms with Crippen molar-refractivity contribution in [3.8, 4) is 0 Å². The van der Waals surface area contributed by atoms with E-state index in [0.717, 1.165) is 6.07 Å². The van der Waals surface area contributed by atoms with Crippen LogP contribution >= 0.6 is 0 Å². The molecule has 1 rings (SSSR count). The van der Waals surface area contributed by atoms with Crippen LogP contribution in [0.3, 0.4) is 0 Å². The van der Waals surface area contributed by atoms with Gasteiger partial charge in [0, 0.05) is 19.3 Å². The first-order chi connectivity index (χ1) is 8.36. The van der Waals surface area contributed by atoms with Gasteiger partial charge in [-0.25, -0.2) is 9.18 Å². The zero-order chi connectivity index (χ0) is 13.9. The summed E-state index contributed by atoms with van der Waals surface area (Å²) in [5.41, 5.74) is 6.22. The van der Waals surface area contributed by atoms with E-state index in [-0.39, 0.29) is 11.3 Å². The molecule has 4 nitrogen and oxygen atoms in total. The van der Waals surface area contributed by atoms with Gasteiger partial charge in [0.05, 0.1) is 18.4 Å². The lowest BCUT2D eigenvalue weighted by Gasteiger charge is -2.23. The molecular weight excluding hydrogens is 235 g/mol. The van der Waals surface area contributed by atoms with Crippen LogP contribution < -0.4 is 10.6 Å². The monoisotopic (exact) mass is 254 g/mol. The summed E-state index contributed by atoms with van der Waals surface area (Å²) in [6, 6.07) is 2.58. The number of anilines is 2. The number of hydrogen-bond donors (Lipinski definition) is 1. The number of nitrogens with zero attached hydrogens (tertiary/aromatic N) is 1. The first-order valence-electron chi connectivity index (χ1n) is 5.75. The zero-order valence-corrected chi connectivity index (χ0v) is 11.2. The third-order valence-electron chi connectivity index (χ3n) is 2.57. The number of nitrogens with two attached hydrogens (primary N) is 1. The minimum Gasteiger partial charge on any atom is -0.465 e.